The smallest absolute Gasteiger partial charge is 0.159 e. The van der Waals surface area contributed by atoms with Gasteiger partial charge in [-0.2, -0.15) is 0 Å². The molecular formula is C12H19NO. The van der Waals surface area contributed by atoms with Crippen LogP contribution in [-0.4, -0.2) is 11.3 Å². The predicted molar refractivity (Wildman–Crippen MR) is 56.9 cm³/mol. The topological polar surface area (TPSA) is 29.1 Å². The van der Waals surface area contributed by atoms with Crippen molar-refractivity contribution in [3.8, 4) is 0 Å². The van der Waals surface area contributed by atoms with Gasteiger partial charge in [-0.05, 0) is 31.8 Å². The van der Waals surface area contributed by atoms with Crippen LogP contribution in [0.15, 0.2) is 12.3 Å². The van der Waals surface area contributed by atoms with Crippen molar-refractivity contribution in [3.05, 3.63) is 12.3 Å². The Hall–Kier alpha value is -0.790. The molecule has 0 radical (unpaired) electrons. The summed E-state index contributed by atoms with van der Waals surface area (Å²) in [5, 5.41) is 3.39. The van der Waals surface area contributed by atoms with E-state index in [0.717, 1.165) is 0 Å². The minimum atomic E-state index is 0.0340. The summed E-state index contributed by atoms with van der Waals surface area (Å²) < 4.78 is 0. The maximum Gasteiger partial charge on any atom is 0.159 e. The van der Waals surface area contributed by atoms with E-state index in [9.17, 15) is 4.79 Å². The van der Waals surface area contributed by atoms with Crippen molar-refractivity contribution in [1.29, 1.82) is 0 Å². The average molecular weight is 193 g/mol. The van der Waals surface area contributed by atoms with E-state index in [-0.39, 0.29) is 11.3 Å². The molecule has 2 heteroatoms. The van der Waals surface area contributed by atoms with Crippen molar-refractivity contribution in [2.45, 2.75) is 51.0 Å². The third kappa shape index (κ3) is 1.84. The van der Waals surface area contributed by atoms with Crippen molar-refractivity contribution in [2.75, 3.05) is 0 Å². The van der Waals surface area contributed by atoms with Crippen LogP contribution in [0.2, 0.25) is 0 Å². The molecule has 1 aliphatic heterocycles. The lowest BCUT2D eigenvalue weighted by atomic mass is 9.72. The molecule has 0 aromatic heterocycles. The maximum atomic E-state index is 11.4. The average Bonchev–Trinajstić information content (AvgIpc) is 2.19. The monoisotopic (exact) mass is 193 g/mol. The molecule has 1 unspecified atom stereocenters. The van der Waals surface area contributed by atoms with E-state index in [2.05, 4.69) is 12.2 Å². The summed E-state index contributed by atoms with van der Waals surface area (Å²) in [7, 11) is 0. The quantitative estimate of drug-likeness (QED) is 0.693. The SMILES string of the molecule is CC1(C2CCCCC2)CC(=O)C=CN1. The summed E-state index contributed by atoms with van der Waals surface area (Å²) in [5.74, 6) is 0.960. The number of nitrogens with one attached hydrogen (secondary N) is 1. The molecule has 1 N–H and O–H groups in total. The summed E-state index contributed by atoms with van der Waals surface area (Å²) in [6, 6.07) is 0. The van der Waals surface area contributed by atoms with Gasteiger partial charge in [0.1, 0.15) is 0 Å². The van der Waals surface area contributed by atoms with Crippen LogP contribution >= 0.6 is 0 Å². The molecule has 1 atom stereocenters. The van der Waals surface area contributed by atoms with E-state index in [0.29, 0.717) is 12.3 Å². The molecule has 2 aliphatic rings. The third-order valence-corrected chi connectivity index (χ3v) is 3.73. The van der Waals surface area contributed by atoms with Crippen LogP contribution in [0.4, 0.5) is 0 Å². The van der Waals surface area contributed by atoms with Gasteiger partial charge in [-0.1, -0.05) is 19.3 Å². The van der Waals surface area contributed by atoms with Crippen molar-refractivity contribution >= 4 is 5.78 Å². The van der Waals surface area contributed by atoms with Crippen molar-refractivity contribution < 1.29 is 4.79 Å². The number of carbonyl (C=O) groups excluding carboxylic acids is 1. The van der Waals surface area contributed by atoms with Gasteiger partial charge in [0.05, 0.1) is 0 Å². The van der Waals surface area contributed by atoms with Gasteiger partial charge < -0.3 is 5.32 Å². The molecule has 0 bridgehead atoms. The molecule has 0 aromatic rings. The molecule has 2 nitrogen and oxygen atoms in total. The summed E-state index contributed by atoms with van der Waals surface area (Å²) in [6.45, 7) is 2.20. The summed E-state index contributed by atoms with van der Waals surface area (Å²) >= 11 is 0. The van der Waals surface area contributed by atoms with Gasteiger partial charge in [0.2, 0.25) is 0 Å². The largest absolute Gasteiger partial charge is 0.385 e. The molecule has 1 fully saturated rings. The second-order valence-electron chi connectivity index (χ2n) is 4.87. The van der Waals surface area contributed by atoms with Crippen LogP contribution in [0, 0.1) is 5.92 Å². The number of hydrogen-bond acceptors (Lipinski definition) is 2. The Kier molecular flexibility index (Phi) is 2.62. The zero-order chi connectivity index (χ0) is 10.0. The first kappa shape index (κ1) is 9.75. The van der Waals surface area contributed by atoms with Gasteiger partial charge in [-0.25, -0.2) is 0 Å². The van der Waals surface area contributed by atoms with Crippen LogP contribution in [0.1, 0.15) is 45.4 Å². The van der Waals surface area contributed by atoms with Gasteiger partial charge in [-0.3, -0.25) is 4.79 Å². The van der Waals surface area contributed by atoms with Crippen molar-refractivity contribution in [2.24, 2.45) is 5.92 Å². The second kappa shape index (κ2) is 3.76. The molecule has 0 spiro atoms. The van der Waals surface area contributed by atoms with Gasteiger partial charge in [0.25, 0.3) is 0 Å². The fourth-order valence-corrected chi connectivity index (χ4v) is 2.80. The van der Waals surface area contributed by atoms with Crippen LogP contribution in [0.25, 0.3) is 0 Å². The van der Waals surface area contributed by atoms with Crippen LogP contribution < -0.4 is 5.32 Å². The zero-order valence-corrected chi connectivity index (χ0v) is 8.88. The summed E-state index contributed by atoms with van der Waals surface area (Å²) in [5.41, 5.74) is 0.0340. The van der Waals surface area contributed by atoms with Gasteiger partial charge in [-0.15, -0.1) is 0 Å². The molecule has 1 heterocycles. The Bertz CT molecular complexity index is 253. The summed E-state index contributed by atoms with van der Waals surface area (Å²) in [6.07, 6.45) is 10.8. The minimum absolute atomic E-state index is 0.0340. The predicted octanol–water partition coefficient (Wildman–Crippen LogP) is 2.40. The van der Waals surface area contributed by atoms with Crippen LogP contribution in [0.3, 0.4) is 0 Å². The highest BCUT2D eigenvalue weighted by Gasteiger charge is 2.36. The third-order valence-electron chi connectivity index (χ3n) is 3.73. The molecule has 0 aromatic carbocycles. The highest BCUT2D eigenvalue weighted by atomic mass is 16.1. The Morgan fingerprint density at radius 3 is 2.71 bits per heavy atom. The Morgan fingerprint density at radius 1 is 1.36 bits per heavy atom. The van der Waals surface area contributed by atoms with Gasteiger partial charge in [0, 0.05) is 18.2 Å². The van der Waals surface area contributed by atoms with Crippen molar-refractivity contribution in [3.63, 3.8) is 0 Å². The molecule has 1 saturated carbocycles. The number of ketones is 1. The van der Waals surface area contributed by atoms with Crippen molar-refractivity contribution in [1.82, 2.24) is 5.32 Å². The van der Waals surface area contributed by atoms with Crippen LogP contribution in [-0.2, 0) is 4.79 Å². The molecular weight excluding hydrogens is 174 g/mol. The molecule has 0 amide bonds. The zero-order valence-electron chi connectivity index (χ0n) is 8.88. The summed E-state index contributed by atoms with van der Waals surface area (Å²) in [4.78, 5) is 11.4. The first-order valence-electron chi connectivity index (χ1n) is 5.68. The first-order chi connectivity index (χ1) is 6.71. The fourth-order valence-electron chi connectivity index (χ4n) is 2.80. The Labute approximate surface area is 85.8 Å². The lowest BCUT2D eigenvalue weighted by Crippen LogP contribution is -2.50. The lowest BCUT2D eigenvalue weighted by molar-refractivity contribution is -0.117. The van der Waals surface area contributed by atoms with E-state index in [4.69, 9.17) is 0 Å². The van der Waals surface area contributed by atoms with E-state index >= 15 is 0 Å². The standard InChI is InChI=1S/C12H19NO/c1-12(9-11(14)7-8-13-12)10-5-3-2-4-6-10/h7-8,10,13H,2-6,9H2,1H3. The van der Waals surface area contributed by atoms with Crippen LogP contribution in [0.5, 0.6) is 0 Å². The molecule has 78 valence electrons. The van der Waals surface area contributed by atoms with E-state index in [1.54, 1.807) is 6.08 Å². The number of rotatable bonds is 1. The Balaban J connectivity index is 2.06. The number of carbonyl (C=O) groups is 1. The van der Waals surface area contributed by atoms with E-state index < -0.39 is 0 Å². The second-order valence-corrected chi connectivity index (χ2v) is 4.87. The number of allylic oxidation sites excluding steroid dienone is 1. The highest BCUT2D eigenvalue weighted by Crippen LogP contribution is 2.35. The minimum Gasteiger partial charge on any atom is -0.385 e. The first-order valence-corrected chi connectivity index (χ1v) is 5.68. The normalized spacial score (nSPS) is 34.2. The maximum absolute atomic E-state index is 11.4. The highest BCUT2D eigenvalue weighted by molar-refractivity contribution is 5.91. The van der Waals surface area contributed by atoms with Gasteiger partial charge >= 0.3 is 0 Å². The van der Waals surface area contributed by atoms with Gasteiger partial charge in [0.15, 0.2) is 5.78 Å². The van der Waals surface area contributed by atoms with E-state index in [1.165, 1.54) is 32.1 Å². The lowest BCUT2D eigenvalue weighted by Gasteiger charge is -2.41. The fraction of sp³-hybridized carbons (Fsp3) is 0.750. The molecule has 2 rings (SSSR count). The van der Waals surface area contributed by atoms with E-state index in [1.807, 2.05) is 6.20 Å². The molecule has 1 aliphatic carbocycles. The Morgan fingerprint density at radius 2 is 2.07 bits per heavy atom. The number of hydrogen-bond donors (Lipinski definition) is 1. The molecule has 14 heavy (non-hydrogen) atoms. The molecule has 0 saturated heterocycles.